The number of hydrogen-bond donors (Lipinski definition) is 2. The molecule has 7 nitrogen and oxygen atoms in total. The molecule has 162 valence electrons. The molecule has 2 N–H and O–H groups in total. The molecule has 2 unspecified atom stereocenters. The van der Waals surface area contributed by atoms with E-state index in [1.165, 1.54) is 0 Å². The first kappa shape index (κ1) is 22.8. The summed E-state index contributed by atoms with van der Waals surface area (Å²) < 4.78 is 11.0. The van der Waals surface area contributed by atoms with Crippen LogP contribution in [-0.2, 0) is 9.47 Å². The van der Waals surface area contributed by atoms with E-state index >= 15 is 0 Å². The molecule has 0 aromatic rings. The number of piperidine rings is 2. The number of nitrogens with zero attached hydrogens (tertiary/aromatic N) is 1. The topological polar surface area (TPSA) is 79.9 Å². The molecule has 2 rings (SSSR count). The van der Waals surface area contributed by atoms with E-state index in [1.807, 2.05) is 46.4 Å². The Labute approximate surface area is 169 Å². The van der Waals surface area contributed by atoms with Gasteiger partial charge in [0.25, 0.3) is 0 Å². The summed E-state index contributed by atoms with van der Waals surface area (Å²) in [5, 5.41) is 6.39. The largest absolute Gasteiger partial charge is 0.444 e. The van der Waals surface area contributed by atoms with E-state index in [0.717, 1.165) is 25.9 Å². The first-order valence-corrected chi connectivity index (χ1v) is 10.5. The molecule has 2 fully saturated rings. The van der Waals surface area contributed by atoms with Gasteiger partial charge in [-0.3, -0.25) is 0 Å². The Kier molecular flexibility index (Phi) is 6.90. The minimum atomic E-state index is -0.529. The van der Waals surface area contributed by atoms with Crippen molar-refractivity contribution < 1.29 is 19.1 Å². The highest BCUT2D eigenvalue weighted by atomic mass is 16.6. The Bertz CT molecular complexity index is 559. The van der Waals surface area contributed by atoms with Crippen molar-refractivity contribution in [3.63, 3.8) is 0 Å². The maximum absolute atomic E-state index is 12.7. The van der Waals surface area contributed by atoms with E-state index in [2.05, 4.69) is 17.6 Å². The fourth-order valence-corrected chi connectivity index (χ4v) is 4.49. The number of alkyl carbamates (subject to hydrolysis) is 1. The van der Waals surface area contributed by atoms with Gasteiger partial charge < -0.3 is 25.0 Å². The number of likely N-dealkylation sites (tertiary alicyclic amines) is 1. The molecule has 2 aliphatic rings. The van der Waals surface area contributed by atoms with Crippen molar-refractivity contribution in [2.75, 3.05) is 32.7 Å². The van der Waals surface area contributed by atoms with Gasteiger partial charge in [-0.05, 0) is 78.8 Å². The molecule has 1 spiro atoms. The third kappa shape index (κ3) is 6.00. The van der Waals surface area contributed by atoms with Crippen LogP contribution in [0.1, 0.15) is 61.3 Å². The molecule has 0 aromatic heterocycles. The SMILES string of the molecule is CC1CN(C(=O)OC(C)(C)C)CC(CNC(=O)OC(C)(C)C)C12CCNCC2. The Balaban J connectivity index is 2.12. The third-order valence-electron chi connectivity index (χ3n) is 5.81. The average molecular weight is 398 g/mol. The summed E-state index contributed by atoms with van der Waals surface area (Å²) in [7, 11) is 0. The number of hydrogen-bond acceptors (Lipinski definition) is 5. The van der Waals surface area contributed by atoms with E-state index in [0.29, 0.717) is 25.6 Å². The van der Waals surface area contributed by atoms with Gasteiger partial charge in [-0.25, -0.2) is 9.59 Å². The highest BCUT2D eigenvalue weighted by Gasteiger charge is 2.49. The Morgan fingerprint density at radius 3 is 2.14 bits per heavy atom. The zero-order valence-electron chi connectivity index (χ0n) is 18.7. The van der Waals surface area contributed by atoms with Gasteiger partial charge in [-0.1, -0.05) is 6.92 Å². The van der Waals surface area contributed by atoms with Gasteiger partial charge in [0, 0.05) is 25.6 Å². The predicted octanol–water partition coefficient (Wildman–Crippen LogP) is 3.38. The Hall–Kier alpha value is -1.50. The van der Waals surface area contributed by atoms with E-state index in [-0.39, 0.29) is 17.4 Å². The second-order valence-electron chi connectivity index (χ2n) is 10.3. The highest BCUT2D eigenvalue weighted by Crippen LogP contribution is 2.47. The van der Waals surface area contributed by atoms with Crippen molar-refractivity contribution in [1.82, 2.24) is 15.5 Å². The van der Waals surface area contributed by atoms with Crippen molar-refractivity contribution in [2.45, 2.75) is 72.5 Å². The maximum atomic E-state index is 12.7. The van der Waals surface area contributed by atoms with Gasteiger partial charge >= 0.3 is 12.2 Å². The number of carbonyl (C=O) groups excluding carboxylic acids is 2. The van der Waals surface area contributed by atoms with Gasteiger partial charge in [0.2, 0.25) is 0 Å². The van der Waals surface area contributed by atoms with Crippen LogP contribution >= 0.6 is 0 Å². The first-order chi connectivity index (χ1) is 12.8. The zero-order valence-corrected chi connectivity index (χ0v) is 18.7. The second-order valence-corrected chi connectivity index (χ2v) is 10.3. The van der Waals surface area contributed by atoms with Crippen LogP contribution in [-0.4, -0.2) is 61.0 Å². The van der Waals surface area contributed by atoms with Crippen LogP contribution in [0, 0.1) is 17.3 Å². The molecule has 2 atom stereocenters. The quantitative estimate of drug-likeness (QED) is 0.747. The number of nitrogens with one attached hydrogen (secondary N) is 2. The predicted molar refractivity (Wildman–Crippen MR) is 109 cm³/mol. The molecule has 2 amide bonds. The van der Waals surface area contributed by atoms with Gasteiger partial charge in [0.15, 0.2) is 0 Å². The average Bonchev–Trinajstić information content (AvgIpc) is 2.54. The normalized spacial score (nSPS) is 25.3. The number of amides is 2. The lowest BCUT2D eigenvalue weighted by atomic mass is 9.59. The van der Waals surface area contributed by atoms with Crippen molar-refractivity contribution in [2.24, 2.45) is 17.3 Å². The van der Waals surface area contributed by atoms with Gasteiger partial charge in [-0.15, -0.1) is 0 Å². The molecular formula is C21H39N3O4. The van der Waals surface area contributed by atoms with Crippen LogP contribution in [0.2, 0.25) is 0 Å². The summed E-state index contributed by atoms with van der Waals surface area (Å²) in [5.41, 5.74) is -0.938. The van der Waals surface area contributed by atoms with E-state index in [4.69, 9.17) is 9.47 Å². The highest BCUT2D eigenvalue weighted by molar-refractivity contribution is 5.69. The lowest BCUT2D eigenvalue weighted by Crippen LogP contribution is -2.60. The molecule has 2 heterocycles. The fourth-order valence-electron chi connectivity index (χ4n) is 4.49. The van der Waals surface area contributed by atoms with Crippen LogP contribution in [0.5, 0.6) is 0 Å². The lowest BCUT2D eigenvalue weighted by Gasteiger charge is -2.54. The van der Waals surface area contributed by atoms with Crippen LogP contribution in [0.25, 0.3) is 0 Å². The molecule has 0 saturated carbocycles. The maximum Gasteiger partial charge on any atom is 0.410 e. The van der Waals surface area contributed by atoms with Crippen LogP contribution in [0.3, 0.4) is 0 Å². The van der Waals surface area contributed by atoms with E-state index in [9.17, 15) is 9.59 Å². The summed E-state index contributed by atoms with van der Waals surface area (Å²) >= 11 is 0. The number of rotatable bonds is 2. The van der Waals surface area contributed by atoms with Crippen molar-refractivity contribution in [3.05, 3.63) is 0 Å². The number of carbonyl (C=O) groups is 2. The number of ether oxygens (including phenoxy) is 2. The summed E-state index contributed by atoms with van der Waals surface area (Å²) in [6.07, 6.45) is 1.43. The van der Waals surface area contributed by atoms with Gasteiger partial charge in [0.1, 0.15) is 11.2 Å². The fraction of sp³-hybridized carbons (Fsp3) is 0.905. The minimum Gasteiger partial charge on any atom is -0.444 e. The van der Waals surface area contributed by atoms with Crippen LogP contribution in [0.15, 0.2) is 0 Å². The molecule has 7 heteroatoms. The lowest BCUT2D eigenvalue weighted by molar-refractivity contribution is -0.0507. The molecule has 0 bridgehead atoms. The molecule has 0 radical (unpaired) electrons. The van der Waals surface area contributed by atoms with Crippen molar-refractivity contribution in [1.29, 1.82) is 0 Å². The zero-order chi connectivity index (χ0) is 21.2. The Morgan fingerprint density at radius 2 is 1.61 bits per heavy atom. The standard InChI is InChI=1S/C21H39N3O4/c1-15-13-24(18(26)28-20(5,6)7)14-16(21(15)8-10-22-11-9-21)12-23-17(25)27-19(2,3)4/h15-16,22H,8-14H2,1-7H3,(H,23,25). The van der Waals surface area contributed by atoms with Gasteiger partial charge in [0.05, 0.1) is 0 Å². The van der Waals surface area contributed by atoms with Crippen molar-refractivity contribution >= 4 is 12.2 Å². The van der Waals surface area contributed by atoms with Crippen LogP contribution in [0.4, 0.5) is 9.59 Å². The Morgan fingerprint density at radius 1 is 1.04 bits per heavy atom. The molecule has 0 aromatic carbocycles. The first-order valence-electron chi connectivity index (χ1n) is 10.5. The summed E-state index contributed by atoms with van der Waals surface area (Å²) in [6, 6.07) is 0. The molecule has 2 saturated heterocycles. The smallest absolute Gasteiger partial charge is 0.410 e. The van der Waals surface area contributed by atoms with Crippen molar-refractivity contribution in [3.8, 4) is 0 Å². The van der Waals surface area contributed by atoms with E-state index < -0.39 is 17.3 Å². The van der Waals surface area contributed by atoms with Gasteiger partial charge in [-0.2, -0.15) is 0 Å². The third-order valence-corrected chi connectivity index (χ3v) is 5.81. The summed E-state index contributed by atoms with van der Waals surface area (Å²) in [5.74, 6) is 0.500. The van der Waals surface area contributed by atoms with E-state index in [1.54, 1.807) is 0 Å². The summed E-state index contributed by atoms with van der Waals surface area (Å²) in [4.78, 5) is 26.7. The monoisotopic (exact) mass is 397 g/mol. The molecule has 0 aliphatic carbocycles. The summed E-state index contributed by atoms with van der Waals surface area (Å²) in [6.45, 7) is 17.2. The minimum absolute atomic E-state index is 0.110. The van der Waals surface area contributed by atoms with Crippen LogP contribution < -0.4 is 10.6 Å². The molecule has 2 aliphatic heterocycles. The second kappa shape index (κ2) is 8.47. The molecular weight excluding hydrogens is 358 g/mol. The molecule has 28 heavy (non-hydrogen) atoms.